The largest absolute Gasteiger partial charge is 0.372 e. The van der Waals surface area contributed by atoms with Crippen molar-refractivity contribution in [3.63, 3.8) is 0 Å². The van der Waals surface area contributed by atoms with Gasteiger partial charge in [0.25, 0.3) is 5.91 Å². The molecule has 1 fully saturated rings. The Hall–Kier alpha value is -2.07. The van der Waals surface area contributed by atoms with Crippen molar-refractivity contribution in [3.05, 3.63) is 58.9 Å². The summed E-state index contributed by atoms with van der Waals surface area (Å²) in [5, 5.41) is 2.80. The standard InChI is InChI=1S/C19H20ClFN2O/c1-13-9-11-23(12-10-13)15-7-5-14(6-8-15)22-19(24)18-16(20)3-2-4-17(18)21/h2-8,13H,9-12H2,1H3,(H,22,24). The minimum Gasteiger partial charge on any atom is -0.372 e. The molecule has 1 aliphatic rings. The first-order valence-electron chi connectivity index (χ1n) is 8.15. The second-order valence-electron chi connectivity index (χ2n) is 6.27. The lowest BCUT2D eigenvalue weighted by molar-refractivity contribution is 0.102. The van der Waals surface area contributed by atoms with Gasteiger partial charge in [0.1, 0.15) is 5.82 Å². The second-order valence-corrected chi connectivity index (χ2v) is 6.67. The van der Waals surface area contributed by atoms with E-state index in [1.165, 1.54) is 31.0 Å². The molecule has 3 rings (SSSR count). The fourth-order valence-corrected chi connectivity index (χ4v) is 3.18. The molecule has 0 saturated carbocycles. The van der Waals surface area contributed by atoms with E-state index in [0.29, 0.717) is 5.69 Å². The fourth-order valence-electron chi connectivity index (χ4n) is 2.93. The predicted molar refractivity (Wildman–Crippen MR) is 96.4 cm³/mol. The Balaban J connectivity index is 1.69. The molecule has 0 atom stereocenters. The number of piperidine rings is 1. The van der Waals surface area contributed by atoms with Gasteiger partial charge in [0.15, 0.2) is 0 Å². The van der Waals surface area contributed by atoms with E-state index in [2.05, 4.69) is 17.1 Å². The highest BCUT2D eigenvalue weighted by atomic mass is 35.5. The van der Waals surface area contributed by atoms with E-state index in [1.54, 1.807) is 0 Å². The van der Waals surface area contributed by atoms with Crippen LogP contribution in [0, 0.1) is 11.7 Å². The predicted octanol–water partition coefficient (Wildman–Crippen LogP) is 4.97. The molecule has 0 radical (unpaired) electrons. The van der Waals surface area contributed by atoms with Crippen LogP contribution in [0.25, 0.3) is 0 Å². The molecular formula is C19H20ClFN2O. The minimum atomic E-state index is -0.626. The summed E-state index contributed by atoms with van der Waals surface area (Å²) in [6.07, 6.45) is 2.40. The van der Waals surface area contributed by atoms with Gasteiger partial charge < -0.3 is 10.2 Å². The van der Waals surface area contributed by atoms with Gasteiger partial charge in [-0.3, -0.25) is 4.79 Å². The van der Waals surface area contributed by atoms with E-state index in [9.17, 15) is 9.18 Å². The average molecular weight is 347 g/mol. The van der Waals surface area contributed by atoms with E-state index in [4.69, 9.17) is 11.6 Å². The summed E-state index contributed by atoms with van der Waals surface area (Å²) < 4.78 is 13.8. The smallest absolute Gasteiger partial charge is 0.260 e. The van der Waals surface area contributed by atoms with Crippen molar-refractivity contribution in [1.82, 2.24) is 0 Å². The van der Waals surface area contributed by atoms with Crippen LogP contribution in [0.2, 0.25) is 5.02 Å². The summed E-state index contributed by atoms with van der Waals surface area (Å²) in [7, 11) is 0. The van der Waals surface area contributed by atoms with Gasteiger partial charge >= 0.3 is 0 Å². The summed E-state index contributed by atoms with van der Waals surface area (Å²) >= 11 is 5.92. The highest BCUT2D eigenvalue weighted by Crippen LogP contribution is 2.25. The molecular weight excluding hydrogens is 327 g/mol. The van der Waals surface area contributed by atoms with Crippen molar-refractivity contribution in [1.29, 1.82) is 0 Å². The zero-order chi connectivity index (χ0) is 17.1. The van der Waals surface area contributed by atoms with Gasteiger partial charge in [0.2, 0.25) is 0 Å². The highest BCUT2D eigenvalue weighted by Gasteiger charge is 2.17. The monoisotopic (exact) mass is 346 g/mol. The summed E-state index contributed by atoms with van der Waals surface area (Å²) in [5.41, 5.74) is 1.63. The topological polar surface area (TPSA) is 32.3 Å². The molecule has 0 aromatic heterocycles. The van der Waals surface area contributed by atoms with Gasteiger partial charge in [-0.15, -0.1) is 0 Å². The number of hydrogen-bond acceptors (Lipinski definition) is 2. The van der Waals surface area contributed by atoms with E-state index >= 15 is 0 Å². The summed E-state index contributed by atoms with van der Waals surface area (Å²) in [4.78, 5) is 14.6. The number of hydrogen-bond donors (Lipinski definition) is 1. The molecule has 1 saturated heterocycles. The van der Waals surface area contributed by atoms with Crippen LogP contribution in [0.4, 0.5) is 15.8 Å². The van der Waals surface area contributed by atoms with Crippen molar-refractivity contribution in [3.8, 4) is 0 Å². The molecule has 5 heteroatoms. The zero-order valence-electron chi connectivity index (χ0n) is 13.6. The number of halogens is 2. The maximum Gasteiger partial charge on any atom is 0.260 e. The molecule has 1 heterocycles. The molecule has 2 aromatic rings. The summed E-state index contributed by atoms with van der Waals surface area (Å²) in [5.74, 6) is -0.387. The first-order chi connectivity index (χ1) is 11.5. The summed E-state index contributed by atoms with van der Waals surface area (Å²) in [6.45, 7) is 4.39. The first kappa shape index (κ1) is 16.8. The van der Waals surface area contributed by atoms with Gasteiger partial charge in [-0.25, -0.2) is 4.39 Å². The molecule has 1 N–H and O–H groups in total. The zero-order valence-corrected chi connectivity index (χ0v) is 14.3. The Kier molecular flexibility index (Phi) is 5.05. The maximum atomic E-state index is 13.8. The normalized spacial score (nSPS) is 15.4. The molecule has 126 valence electrons. The van der Waals surface area contributed by atoms with Crippen LogP contribution >= 0.6 is 11.6 Å². The average Bonchev–Trinajstić information content (AvgIpc) is 2.56. The lowest BCUT2D eigenvalue weighted by atomic mass is 9.99. The van der Waals surface area contributed by atoms with Crippen molar-refractivity contribution in [2.75, 3.05) is 23.3 Å². The third kappa shape index (κ3) is 3.70. The van der Waals surface area contributed by atoms with Crippen molar-refractivity contribution < 1.29 is 9.18 Å². The van der Waals surface area contributed by atoms with Gasteiger partial charge in [0, 0.05) is 24.5 Å². The number of anilines is 2. The van der Waals surface area contributed by atoms with Crippen LogP contribution in [-0.2, 0) is 0 Å². The Morgan fingerprint density at radius 3 is 2.46 bits per heavy atom. The molecule has 24 heavy (non-hydrogen) atoms. The van der Waals surface area contributed by atoms with Crippen LogP contribution in [0.15, 0.2) is 42.5 Å². The van der Waals surface area contributed by atoms with Crippen LogP contribution in [0.1, 0.15) is 30.1 Å². The minimum absolute atomic E-state index is 0.103. The van der Waals surface area contributed by atoms with Crippen molar-refractivity contribution in [2.45, 2.75) is 19.8 Å². The maximum absolute atomic E-state index is 13.8. The molecule has 0 aliphatic carbocycles. The number of nitrogens with zero attached hydrogens (tertiary/aromatic N) is 1. The first-order valence-corrected chi connectivity index (χ1v) is 8.53. The van der Waals surface area contributed by atoms with Gasteiger partial charge in [-0.05, 0) is 55.2 Å². The van der Waals surface area contributed by atoms with E-state index in [-0.39, 0.29) is 10.6 Å². The number of carbonyl (C=O) groups is 1. The van der Waals surface area contributed by atoms with Gasteiger partial charge in [0.05, 0.1) is 10.6 Å². The summed E-state index contributed by atoms with van der Waals surface area (Å²) in [6, 6.07) is 11.8. The number of nitrogens with one attached hydrogen (secondary N) is 1. The number of rotatable bonds is 3. The lowest BCUT2D eigenvalue weighted by Gasteiger charge is -2.32. The van der Waals surface area contributed by atoms with E-state index in [1.807, 2.05) is 24.3 Å². The van der Waals surface area contributed by atoms with Crippen LogP contribution in [-0.4, -0.2) is 19.0 Å². The Labute approximate surface area is 146 Å². The lowest BCUT2D eigenvalue weighted by Crippen LogP contribution is -2.32. The van der Waals surface area contributed by atoms with Crippen molar-refractivity contribution in [2.24, 2.45) is 5.92 Å². The molecule has 1 amide bonds. The molecule has 0 spiro atoms. The third-order valence-electron chi connectivity index (χ3n) is 4.46. The molecule has 2 aromatic carbocycles. The van der Waals surface area contributed by atoms with Crippen LogP contribution in [0.3, 0.4) is 0 Å². The number of benzene rings is 2. The molecule has 3 nitrogen and oxygen atoms in total. The Morgan fingerprint density at radius 2 is 1.83 bits per heavy atom. The molecule has 0 unspecified atom stereocenters. The quantitative estimate of drug-likeness (QED) is 0.851. The SMILES string of the molecule is CC1CCN(c2ccc(NC(=O)c3c(F)cccc3Cl)cc2)CC1. The van der Waals surface area contributed by atoms with Crippen LogP contribution in [0.5, 0.6) is 0 Å². The number of amides is 1. The van der Waals surface area contributed by atoms with Crippen molar-refractivity contribution >= 4 is 28.9 Å². The Morgan fingerprint density at radius 1 is 1.17 bits per heavy atom. The van der Waals surface area contributed by atoms with E-state index < -0.39 is 11.7 Å². The third-order valence-corrected chi connectivity index (χ3v) is 4.78. The Bertz CT molecular complexity index is 704. The van der Waals surface area contributed by atoms with Crippen LogP contribution < -0.4 is 10.2 Å². The molecule has 1 aliphatic heterocycles. The highest BCUT2D eigenvalue weighted by molar-refractivity contribution is 6.34. The number of carbonyl (C=O) groups excluding carboxylic acids is 1. The van der Waals surface area contributed by atoms with E-state index in [0.717, 1.165) is 24.7 Å². The molecule has 0 bridgehead atoms. The second kappa shape index (κ2) is 7.22. The van der Waals surface area contributed by atoms with Gasteiger partial charge in [-0.1, -0.05) is 24.6 Å². The fraction of sp³-hybridized carbons (Fsp3) is 0.316. The van der Waals surface area contributed by atoms with Gasteiger partial charge in [-0.2, -0.15) is 0 Å².